The Morgan fingerprint density at radius 1 is 0.922 bits per heavy atom. The van der Waals surface area contributed by atoms with Gasteiger partial charge in [-0.1, -0.05) is 76.2 Å². The van der Waals surface area contributed by atoms with E-state index in [0.717, 1.165) is 64.7 Å². The van der Waals surface area contributed by atoms with Gasteiger partial charge in [0.05, 0.1) is 43.0 Å². The van der Waals surface area contributed by atoms with Crippen molar-refractivity contribution in [1.29, 1.82) is 0 Å². The van der Waals surface area contributed by atoms with Crippen molar-refractivity contribution in [3.63, 3.8) is 0 Å². The predicted octanol–water partition coefficient (Wildman–Crippen LogP) is 7.28. The zero-order chi connectivity index (χ0) is 36.1. The van der Waals surface area contributed by atoms with Gasteiger partial charge >= 0.3 is 6.09 Å². The second kappa shape index (κ2) is 16.2. The summed E-state index contributed by atoms with van der Waals surface area (Å²) in [5.74, 6) is 2.45. The lowest BCUT2D eigenvalue weighted by Crippen LogP contribution is -2.54. The Balaban J connectivity index is 1.16. The van der Waals surface area contributed by atoms with Gasteiger partial charge in [-0.25, -0.2) is 14.8 Å². The summed E-state index contributed by atoms with van der Waals surface area (Å²) in [6.07, 6.45) is 6.39. The zero-order valence-electron chi connectivity index (χ0n) is 30.7. The Kier molecular flexibility index (Phi) is 11.6. The lowest BCUT2D eigenvalue weighted by atomic mass is 9.90. The molecule has 4 aromatic rings. The molecule has 0 aliphatic carbocycles. The molecule has 11 heteroatoms. The summed E-state index contributed by atoms with van der Waals surface area (Å²) in [5, 5.41) is 6.41. The highest BCUT2D eigenvalue weighted by Gasteiger charge is 2.45. The van der Waals surface area contributed by atoms with E-state index in [9.17, 15) is 9.59 Å². The molecule has 0 saturated carbocycles. The van der Waals surface area contributed by atoms with E-state index in [0.29, 0.717) is 32.0 Å². The number of aromatic nitrogens is 4. The molecule has 0 spiro atoms. The first-order valence-corrected chi connectivity index (χ1v) is 18.5. The standard InChI is InChI=1S/C40H53N7O4/c1-7-41-32(20-24(2)3)37-42-22-33(44-37)29-12-8-27(9-13-29)28-10-14-30(15-11-28)34-23-43-38(45-34)35-21-25(4)26(5)47(35)39(48)36(46-40(49)50-6)31-16-18-51-19-17-31/h8-15,22-26,31-32,35-36,41H,7,16-21H2,1-6H3,(H,42,44)(H,43,45)(H,46,49)/t25?,26-,32+,35+,36+/m1/s1. The summed E-state index contributed by atoms with van der Waals surface area (Å²) in [5.41, 5.74) is 6.26. The van der Waals surface area contributed by atoms with Crippen LogP contribution in [0.1, 0.15) is 84.0 Å². The minimum atomic E-state index is -0.685. The van der Waals surface area contributed by atoms with E-state index in [1.807, 2.05) is 17.3 Å². The minimum absolute atomic E-state index is 0.0151. The molecule has 2 aromatic carbocycles. The Labute approximate surface area is 301 Å². The van der Waals surface area contributed by atoms with Crippen molar-refractivity contribution in [1.82, 2.24) is 35.5 Å². The van der Waals surface area contributed by atoms with Crippen molar-refractivity contribution < 1.29 is 19.1 Å². The van der Waals surface area contributed by atoms with Crippen molar-refractivity contribution in [2.75, 3.05) is 26.9 Å². The summed E-state index contributed by atoms with van der Waals surface area (Å²) in [6.45, 7) is 12.9. The highest BCUT2D eigenvalue weighted by Crippen LogP contribution is 2.40. The van der Waals surface area contributed by atoms with Crippen LogP contribution in [0.25, 0.3) is 33.6 Å². The fourth-order valence-electron chi connectivity index (χ4n) is 7.60. The number of nitrogens with zero attached hydrogens (tertiary/aromatic N) is 3. The van der Waals surface area contributed by atoms with Gasteiger partial charge in [0.1, 0.15) is 17.7 Å². The highest BCUT2D eigenvalue weighted by atomic mass is 16.5. The van der Waals surface area contributed by atoms with Crippen LogP contribution in [0.5, 0.6) is 0 Å². The van der Waals surface area contributed by atoms with Gasteiger partial charge < -0.3 is 35.0 Å². The molecule has 11 nitrogen and oxygen atoms in total. The van der Waals surface area contributed by atoms with Gasteiger partial charge in [-0.05, 0) is 79.2 Å². The second-order valence-corrected chi connectivity index (χ2v) is 14.5. The topological polar surface area (TPSA) is 137 Å². The quantitative estimate of drug-likeness (QED) is 0.122. The van der Waals surface area contributed by atoms with E-state index in [2.05, 4.69) is 104 Å². The third-order valence-electron chi connectivity index (χ3n) is 10.6. The lowest BCUT2D eigenvalue weighted by molar-refractivity contribution is -0.139. The first-order chi connectivity index (χ1) is 24.7. The van der Waals surface area contributed by atoms with Crippen LogP contribution in [0.15, 0.2) is 60.9 Å². The molecule has 4 heterocycles. The van der Waals surface area contributed by atoms with Crippen molar-refractivity contribution in [2.45, 2.75) is 84.5 Å². The zero-order valence-corrected chi connectivity index (χ0v) is 30.7. The Morgan fingerprint density at radius 3 is 2.10 bits per heavy atom. The van der Waals surface area contributed by atoms with E-state index in [1.165, 1.54) is 7.11 Å². The number of methoxy groups -OCH3 is 1. The van der Waals surface area contributed by atoms with Gasteiger partial charge in [0.2, 0.25) is 5.91 Å². The molecular formula is C40H53N7O4. The number of rotatable bonds is 12. The number of hydrogen-bond acceptors (Lipinski definition) is 7. The summed E-state index contributed by atoms with van der Waals surface area (Å²) >= 11 is 0. The van der Waals surface area contributed by atoms with Gasteiger partial charge in [-0.15, -0.1) is 0 Å². The molecule has 2 aliphatic rings. The summed E-state index contributed by atoms with van der Waals surface area (Å²) < 4.78 is 10.5. The first kappa shape index (κ1) is 36.3. The van der Waals surface area contributed by atoms with Crippen LogP contribution in [0.2, 0.25) is 0 Å². The van der Waals surface area contributed by atoms with Gasteiger partial charge in [0, 0.05) is 19.3 Å². The van der Waals surface area contributed by atoms with Crippen LogP contribution in [-0.2, 0) is 14.3 Å². The summed E-state index contributed by atoms with van der Waals surface area (Å²) in [6, 6.07) is 16.3. The average Bonchev–Trinajstić information content (AvgIpc) is 3.90. The molecule has 1 unspecified atom stereocenters. The van der Waals surface area contributed by atoms with Gasteiger partial charge in [0.15, 0.2) is 0 Å². The van der Waals surface area contributed by atoms with Gasteiger partial charge in [-0.2, -0.15) is 0 Å². The molecule has 6 rings (SSSR count). The van der Waals surface area contributed by atoms with Crippen LogP contribution in [0, 0.1) is 17.8 Å². The third-order valence-corrected chi connectivity index (χ3v) is 10.6. The average molecular weight is 696 g/mol. The molecule has 2 aromatic heterocycles. The Hall–Kier alpha value is -4.48. The number of carbonyl (C=O) groups excluding carboxylic acids is 2. The molecular weight excluding hydrogens is 642 g/mol. The molecule has 5 atom stereocenters. The van der Waals surface area contributed by atoms with Crippen LogP contribution >= 0.6 is 0 Å². The van der Waals surface area contributed by atoms with Crippen LogP contribution in [-0.4, -0.2) is 75.8 Å². The molecule has 0 bridgehead atoms. The normalized spacial score (nSPS) is 20.8. The number of amides is 2. The van der Waals surface area contributed by atoms with Gasteiger partial charge in [0.25, 0.3) is 0 Å². The molecule has 0 radical (unpaired) electrons. The summed E-state index contributed by atoms with van der Waals surface area (Å²) in [7, 11) is 1.32. The number of likely N-dealkylation sites (tertiary alicyclic amines) is 1. The largest absolute Gasteiger partial charge is 0.453 e. The van der Waals surface area contributed by atoms with Crippen LogP contribution in [0.3, 0.4) is 0 Å². The number of nitrogens with one attached hydrogen (secondary N) is 4. The van der Waals surface area contributed by atoms with E-state index in [4.69, 9.17) is 19.4 Å². The number of hydrogen-bond donors (Lipinski definition) is 4. The van der Waals surface area contributed by atoms with E-state index >= 15 is 0 Å². The van der Waals surface area contributed by atoms with Gasteiger partial charge in [-0.3, -0.25) is 4.79 Å². The number of imidazole rings is 2. The van der Waals surface area contributed by atoms with Crippen molar-refractivity contribution >= 4 is 12.0 Å². The van der Waals surface area contributed by atoms with Crippen molar-refractivity contribution in [3.05, 3.63) is 72.6 Å². The summed E-state index contributed by atoms with van der Waals surface area (Å²) in [4.78, 5) is 45.1. The molecule has 272 valence electrons. The number of H-pyrrole nitrogens is 2. The van der Waals surface area contributed by atoms with E-state index in [-0.39, 0.29) is 35.9 Å². The Bertz CT molecular complexity index is 1740. The third kappa shape index (κ3) is 8.20. The van der Waals surface area contributed by atoms with E-state index < -0.39 is 12.1 Å². The predicted molar refractivity (Wildman–Crippen MR) is 199 cm³/mol. The number of benzene rings is 2. The maximum Gasteiger partial charge on any atom is 0.407 e. The maximum atomic E-state index is 14.2. The molecule has 2 aliphatic heterocycles. The number of carbonyl (C=O) groups is 2. The fourth-order valence-corrected chi connectivity index (χ4v) is 7.60. The monoisotopic (exact) mass is 695 g/mol. The smallest absolute Gasteiger partial charge is 0.407 e. The van der Waals surface area contributed by atoms with Crippen molar-refractivity contribution in [2.24, 2.45) is 17.8 Å². The van der Waals surface area contributed by atoms with E-state index in [1.54, 1.807) is 0 Å². The van der Waals surface area contributed by atoms with Crippen LogP contribution < -0.4 is 10.6 Å². The molecule has 2 saturated heterocycles. The van der Waals surface area contributed by atoms with Crippen LogP contribution in [0.4, 0.5) is 4.79 Å². The SMILES string of the molecule is CCN[C@@H](CC(C)C)c1ncc(-c2ccc(-c3ccc(-c4cnc([C@@H]5CC(C)[C@@H](C)N5C(=O)[C@@H](NC(=O)OC)C5CCOCC5)[nH]4)cc3)cc2)[nH]1. The second-order valence-electron chi connectivity index (χ2n) is 14.5. The fraction of sp³-hybridized carbons (Fsp3) is 0.500. The number of ether oxygens (including phenoxy) is 2. The number of alkyl carbamates (subject to hydrolysis) is 1. The Morgan fingerprint density at radius 2 is 1.51 bits per heavy atom. The first-order valence-electron chi connectivity index (χ1n) is 18.5. The van der Waals surface area contributed by atoms with Crippen molar-refractivity contribution in [3.8, 4) is 33.6 Å². The minimum Gasteiger partial charge on any atom is -0.453 e. The number of aromatic amines is 2. The lowest BCUT2D eigenvalue weighted by Gasteiger charge is -2.36. The highest BCUT2D eigenvalue weighted by molar-refractivity contribution is 5.87. The molecule has 2 fully saturated rings. The molecule has 4 N–H and O–H groups in total. The molecule has 2 amide bonds. The maximum absolute atomic E-state index is 14.2. The molecule has 51 heavy (non-hydrogen) atoms.